The predicted octanol–water partition coefficient (Wildman–Crippen LogP) is 2.04. The van der Waals surface area contributed by atoms with Gasteiger partial charge in [0.05, 0.1) is 6.04 Å². The number of carbonyl (C=O) groups excluding carboxylic acids is 1. The van der Waals surface area contributed by atoms with Crippen molar-refractivity contribution in [2.45, 2.75) is 70.7 Å². The molecule has 1 amide bonds. The van der Waals surface area contributed by atoms with Gasteiger partial charge in [-0.15, -0.1) is 6.42 Å². The molecule has 0 radical (unpaired) electrons. The molecule has 1 saturated carbocycles. The maximum absolute atomic E-state index is 11.5. The van der Waals surface area contributed by atoms with Crippen LogP contribution in [0, 0.1) is 12.3 Å². The van der Waals surface area contributed by atoms with E-state index in [2.05, 4.69) is 23.5 Å². The average Bonchev–Trinajstić information content (AvgIpc) is 2.18. The highest BCUT2D eigenvalue weighted by molar-refractivity contribution is 5.68. The Morgan fingerprint density at radius 2 is 2.06 bits per heavy atom. The third-order valence-electron chi connectivity index (χ3n) is 2.91. The van der Waals surface area contributed by atoms with Gasteiger partial charge in [-0.1, -0.05) is 12.8 Å². The molecule has 0 aromatic carbocycles. The summed E-state index contributed by atoms with van der Waals surface area (Å²) in [4.78, 5) is 11.5. The summed E-state index contributed by atoms with van der Waals surface area (Å²) in [5, 5.41) is 6.24. The highest BCUT2D eigenvalue weighted by Gasteiger charge is 2.32. The minimum absolute atomic E-state index is 0.137. The smallest absolute Gasteiger partial charge is 0.407 e. The monoisotopic (exact) mass is 252 g/mol. The molecule has 18 heavy (non-hydrogen) atoms. The standard InChI is InChI=1S/C14H24N2O2/c1-6-10(7-2)15-11-8-12(9-11)16-13(17)18-14(3,4)5/h1,10-12,15H,7-9H2,2-5H3,(H,16,17). The topological polar surface area (TPSA) is 50.4 Å². The molecule has 0 saturated heterocycles. The Hall–Kier alpha value is -1.21. The van der Waals surface area contributed by atoms with Crippen molar-refractivity contribution in [2.24, 2.45) is 0 Å². The molecule has 1 unspecified atom stereocenters. The number of terminal acetylenes is 1. The Labute approximate surface area is 110 Å². The third kappa shape index (κ3) is 4.97. The predicted molar refractivity (Wildman–Crippen MR) is 72.2 cm³/mol. The van der Waals surface area contributed by atoms with Crippen molar-refractivity contribution in [1.82, 2.24) is 10.6 Å². The quantitative estimate of drug-likeness (QED) is 0.753. The number of rotatable bonds is 4. The molecule has 0 heterocycles. The van der Waals surface area contributed by atoms with Crippen LogP contribution in [0.25, 0.3) is 0 Å². The molecule has 4 heteroatoms. The van der Waals surface area contributed by atoms with Gasteiger partial charge in [0.2, 0.25) is 0 Å². The molecule has 0 spiro atoms. The lowest BCUT2D eigenvalue weighted by Crippen LogP contribution is -2.55. The Morgan fingerprint density at radius 3 is 2.50 bits per heavy atom. The van der Waals surface area contributed by atoms with E-state index in [-0.39, 0.29) is 18.2 Å². The SMILES string of the molecule is C#CC(CC)NC1CC(NC(=O)OC(C)(C)C)C1. The summed E-state index contributed by atoms with van der Waals surface area (Å²) in [6.07, 6.45) is 7.81. The van der Waals surface area contributed by atoms with Crippen LogP contribution in [0.3, 0.4) is 0 Å². The molecule has 2 N–H and O–H groups in total. The van der Waals surface area contributed by atoms with Crippen LogP contribution in [-0.2, 0) is 4.74 Å². The third-order valence-corrected chi connectivity index (χ3v) is 2.91. The van der Waals surface area contributed by atoms with Crippen molar-refractivity contribution in [3.8, 4) is 12.3 Å². The number of alkyl carbamates (subject to hydrolysis) is 1. The van der Waals surface area contributed by atoms with E-state index in [4.69, 9.17) is 11.2 Å². The fraction of sp³-hybridized carbons (Fsp3) is 0.786. The molecule has 0 aromatic rings. The van der Waals surface area contributed by atoms with Crippen molar-refractivity contribution in [3.63, 3.8) is 0 Å². The van der Waals surface area contributed by atoms with Crippen molar-refractivity contribution < 1.29 is 9.53 Å². The van der Waals surface area contributed by atoms with Gasteiger partial charge in [0.25, 0.3) is 0 Å². The van der Waals surface area contributed by atoms with Gasteiger partial charge in [-0.25, -0.2) is 4.79 Å². The van der Waals surface area contributed by atoms with Crippen molar-refractivity contribution in [2.75, 3.05) is 0 Å². The lowest BCUT2D eigenvalue weighted by Gasteiger charge is -2.38. The van der Waals surface area contributed by atoms with Gasteiger partial charge in [-0.05, 0) is 40.0 Å². The van der Waals surface area contributed by atoms with E-state index in [1.807, 2.05) is 20.8 Å². The number of nitrogens with one attached hydrogen (secondary N) is 2. The Kier molecular flexibility index (Phi) is 5.03. The first-order valence-corrected chi connectivity index (χ1v) is 6.55. The Balaban J connectivity index is 2.19. The Bertz CT molecular complexity index is 322. The van der Waals surface area contributed by atoms with E-state index in [1.165, 1.54) is 0 Å². The number of hydrogen-bond acceptors (Lipinski definition) is 3. The van der Waals surface area contributed by atoms with Crippen LogP contribution in [0.2, 0.25) is 0 Å². The second-order valence-electron chi connectivity index (χ2n) is 5.81. The van der Waals surface area contributed by atoms with Crippen LogP contribution in [0.1, 0.15) is 47.0 Å². The summed E-state index contributed by atoms with van der Waals surface area (Å²) in [5.74, 6) is 2.71. The first-order valence-electron chi connectivity index (χ1n) is 6.55. The molecular formula is C14H24N2O2. The molecule has 1 fully saturated rings. The number of ether oxygens (including phenoxy) is 1. The normalized spacial score (nSPS) is 24.6. The maximum Gasteiger partial charge on any atom is 0.407 e. The molecule has 1 aliphatic rings. The molecule has 4 nitrogen and oxygen atoms in total. The highest BCUT2D eigenvalue weighted by Crippen LogP contribution is 2.21. The second-order valence-corrected chi connectivity index (χ2v) is 5.81. The van der Waals surface area contributed by atoms with Crippen LogP contribution >= 0.6 is 0 Å². The van der Waals surface area contributed by atoms with Gasteiger partial charge in [0, 0.05) is 12.1 Å². The molecule has 1 rings (SSSR count). The van der Waals surface area contributed by atoms with Gasteiger partial charge < -0.3 is 15.4 Å². The molecule has 0 aliphatic heterocycles. The lowest BCUT2D eigenvalue weighted by atomic mass is 9.86. The fourth-order valence-electron chi connectivity index (χ4n) is 1.91. The number of carbonyl (C=O) groups is 1. The van der Waals surface area contributed by atoms with Gasteiger partial charge in [0.15, 0.2) is 0 Å². The van der Waals surface area contributed by atoms with Crippen molar-refractivity contribution >= 4 is 6.09 Å². The van der Waals surface area contributed by atoms with Gasteiger partial charge >= 0.3 is 6.09 Å². The number of hydrogen-bond donors (Lipinski definition) is 2. The molecule has 1 aliphatic carbocycles. The summed E-state index contributed by atoms with van der Waals surface area (Å²) < 4.78 is 5.20. The molecular weight excluding hydrogens is 228 g/mol. The maximum atomic E-state index is 11.5. The summed E-state index contributed by atoms with van der Waals surface area (Å²) in [6, 6.07) is 0.746. The molecule has 0 aromatic heterocycles. The van der Waals surface area contributed by atoms with Gasteiger partial charge in [-0.2, -0.15) is 0 Å². The van der Waals surface area contributed by atoms with E-state index in [0.29, 0.717) is 6.04 Å². The van der Waals surface area contributed by atoms with E-state index >= 15 is 0 Å². The van der Waals surface area contributed by atoms with Gasteiger partial charge in [-0.3, -0.25) is 0 Å². The zero-order valence-corrected chi connectivity index (χ0v) is 11.7. The summed E-state index contributed by atoms with van der Waals surface area (Å²) >= 11 is 0. The summed E-state index contributed by atoms with van der Waals surface area (Å²) in [6.45, 7) is 7.63. The largest absolute Gasteiger partial charge is 0.444 e. The van der Waals surface area contributed by atoms with E-state index in [1.54, 1.807) is 0 Å². The lowest BCUT2D eigenvalue weighted by molar-refractivity contribution is 0.0464. The fourth-order valence-corrected chi connectivity index (χ4v) is 1.91. The van der Waals surface area contributed by atoms with Gasteiger partial charge in [0.1, 0.15) is 5.60 Å². The van der Waals surface area contributed by atoms with Crippen molar-refractivity contribution in [1.29, 1.82) is 0 Å². The van der Waals surface area contributed by atoms with E-state index in [9.17, 15) is 4.79 Å². The highest BCUT2D eigenvalue weighted by atomic mass is 16.6. The van der Waals surface area contributed by atoms with E-state index < -0.39 is 5.60 Å². The Morgan fingerprint density at radius 1 is 1.44 bits per heavy atom. The van der Waals surface area contributed by atoms with Crippen LogP contribution in [-0.4, -0.2) is 29.8 Å². The second kappa shape index (κ2) is 6.10. The van der Waals surface area contributed by atoms with Crippen LogP contribution in [0.5, 0.6) is 0 Å². The summed E-state index contributed by atoms with van der Waals surface area (Å²) in [5.41, 5.74) is -0.442. The van der Waals surface area contributed by atoms with Crippen molar-refractivity contribution in [3.05, 3.63) is 0 Å². The van der Waals surface area contributed by atoms with E-state index in [0.717, 1.165) is 19.3 Å². The van der Waals surface area contributed by atoms with Crippen LogP contribution in [0.15, 0.2) is 0 Å². The number of amides is 1. The molecule has 102 valence electrons. The molecule has 0 bridgehead atoms. The first kappa shape index (κ1) is 14.8. The first-order chi connectivity index (χ1) is 8.34. The summed E-state index contributed by atoms with van der Waals surface area (Å²) in [7, 11) is 0. The zero-order chi connectivity index (χ0) is 13.8. The minimum Gasteiger partial charge on any atom is -0.444 e. The zero-order valence-electron chi connectivity index (χ0n) is 11.7. The minimum atomic E-state index is -0.442. The average molecular weight is 252 g/mol. The van der Waals surface area contributed by atoms with Crippen LogP contribution < -0.4 is 10.6 Å². The molecule has 1 atom stereocenters. The van der Waals surface area contributed by atoms with Crippen LogP contribution in [0.4, 0.5) is 4.79 Å².